The minimum absolute atomic E-state index is 0.0284. The summed E-state index contributed by atoms with van der Waals surface area (Å²) in [6, 6.07) is 15.3. The molecule has 0 amide bonds. The second-order valence-electron chi connectivity index (χ2n) is 11.8. The van der Waals surface area contributed by atoms with E-state index in [-0.39, 0.29) is 11.4 Å². The maximum Gasteiger partial charge on any atom is 0.338 e. The second-order valence-corrected chi connectivity index (χ2v) is 11.8. The van der Waals surface area contributed by atoms with Crippen LogP contribution in [0.2, 0.25) is 0 Å². The number of ether oxygens (including phenoxy) is 2. The predicted molar refractivity (Wildman–Crippen MR) is 163 cm³/mol. The fourth-order valence-electron chi connectivity index (χ4n) is 6.53. The van der Waals surface area contributed by atoms with E-state index in [1.807, 2.05) is 12.1 Å². The number of hydrogen-bond donors (Lipinski definition) is 0. The first-order valence-electron chi connectivity index (χ1n) is 14.1. The second kappa shape index (κ2) is 9.86. The lowest BCUT2D eigenvalue weighted by molar-refractivity contribution is 0.0600. The van der Waals surface area contributed by atoms with E-state index in [1.54, 1.807) is 7.11 Å². The van der Waals surface area contributed by atoms with Gasteiger partial charge in [0.2, 0.25) is 0 Å². The average Bonchev–Trinajstić information content (AvgIpc) is 3.29. The molecule has 0 radical (unpaired) electrons. The van der Waals surface area contributed by atoms with Crippen molar-refractivity contribution in [3.05, 3.63) is 75.8 Å². The van der Waals surface area contributed by atoms with Crippen molar-refractivity contribution in [2.24, 2.45) is 0 Å². The first-order chi connectivity index (χ1) is 18.6. The third-order valence-electron chi connectivity index (χ3n) is 8.45. The number of benzene rings is 4. The lowest BCUT2D eigenvalue weighted by Crippen LogP contribution is -2.13. The van der Waals surface area contributed by atoms with Gasteiger partial charge >= 0.3 is 5.97 Å². The van der Waals surface area contributed by atoms with Crippen LogP contribution in [0.3, 0.4) is 0 Å². The summed E-state index contributed by atoms with van der Waals surface area (Å²) < 4.78 is 10.7. The van der Waals surface area contributed by atoms with Gasteiger partial charge in [-0.1, -0.05) is 59.2 Å². The lowest BCUT2D eigenvalue weighted by Gasteiger charge is -2.25. The van der Waals surface area contributed by atoms with Crippen LogP contribution in [0.15, 0.2) is 42.5 Å². The molecular weight excluding hydrogens is 480 g/mol. The van der Waals surface area contributed by atoms with Crippen LogP contribution in [-0.2, 0) is 23.0 Å². The maximum atomic E-state index is 13.0. The Morgan fingerprint density at radius 2 is 1.51 bits per heavy atom. The standard InChI is InChI=1S/C36H40O3/c1-10-12-24-17-27(35(37)39-9)21(4)30-32-22(11-2)18-29(36(5,6)7)28-19-26(20(3)31(33(24)30)34(28)32)23-13-15-25(38-8)16-14-23/h13-19H,10-12H2,1-9H3. The molecule has 4 aromatic rings. The van der Waals surface area contributed by atoms with E-state index in [2.05, 4.69) is 78.8 Å². The molecule has 0 aromatic heterocycles. The largest absolute Gasteiger partial charge is 0.497 e. The predicted octanol–water partition coefficient (Wildman–Crippen LogP) is 9.38. The minimum atomic E-state index is -0.264. The zero-order valence-electron chi connectivity index (χ0n) is 24.9. The van der Waals surface area contributed by atoms with Crippen LogP contribution in [0.25, 0.3) is 44.2 Å². The van der Waals surface area contributed by atoms with E-state index in [0.717, 1.165) is 30.6 Å². The van der Waals surface area contributed by atoms with Gasteiger partial charge in [-0.2, -0.15) is 0 Å². The number of fused-ring (bicyclic) bond motifs is 3. The highest BCUT2D eigenvalue weighted by atomic mass is 16.5. The molecule has 1 aliphatic carbocycles. The lowest BCUT2D eigenvalue weighted by atomic mass is 9.79. The third kappa shape index (κ3) is 4.14. The van der Waals surface area contributed by atoms with E-state index in [9.17, 15) is 4.79 Å². The molecule has 0 bridgehead atoms. The minimum Gasteiger partial charge on any atom is -0.497 e. The molecule has 0 unspecified atom stereocenters. The molecule has 0 aliphatic heterocycles. The average molecular weight is 521 g/mol. The fourth-order valence-corrected chi connectivity index (χ4v) is 6.53. The highest BCUT2D eigenvalue weighted by molar-refractivity contribution is 6.21. The highest BCUT2D eigenvalue weighted by Gasteiger charge is 2.34. The molecule has 202 valence electrons. The van der Waals surface area contributed by atoms with Gasteiger partial charge in [0.15, 0.2) is 0 Å². The molecule has 39 heavy (non-hydrogen) atoms. The molecular formula is C36H40O3. The summed E-state index contributed by atoms with van der Waals surface area (Å²) in [5.41, 5.74) is 14.4. The van der Waals surface area contributed by atoms with Crippen molar-refractivity contribution >= 4 is 16.7 Å². The Balaban J connectivity index is 2.01. The van der Waals surface area contributed by atoms with Crippen LogP contribution in [0, 0.1) is 13.8 Å². The van der Waals surface area contributed by atoms with Crippen LogP contribution in [0.1, 0.15) is 79.2 Å². The zero-order valence-corrected chi connectivity index (χ0v) is 24.9. The van der Waals surface area contributed by atoms with Gasteiger partial charge in [-0.15, -0.1) is 0 Å². The van der Waals surface area contributed by atoms with Gasteiger partial charge in [0.05, 0.1) is 19.8 Å². The Bertz CT molecular complexity index is 1620. The number of esters is 1. The Hall–Kier alpha value is -3.59. The number of hydrogen-bond acceptors (Lipinski definition) is 3. The molecule has 4 aromatic carbocycles. The van der Waals surface area contributed by atoms with Crippen LogP contribution in [0.5, 0.6) is 5.75 Å². The van der Waals surface area contributed by atoms with Gasteiger partial charge < -0.3 is 9.47 Å². The number of carbonyl (C=O) groups excluding carboxylic acids is 1. The summed E-state index contributed by atoms with van der Waals surface area (Å²) >= 11 is 0. The van der Waals surface area contributed by atoms with Crippen molar-refractivity contribution in [1.82, 2.24) is 0 Å². The van der Waals surface area contributed by atoms with Crippen molar-refractivity contribution in [3.8, 4) is 39.1 Å². The summed E-state index contributed by atoms with van der Waals surface area (Å²) in [4.78, 5) is 13.0. The van der Waals surface area contributed by atoms with Gasteiger partial charge in [-0.25, -0.2) is 4.79 Å². The van der Waals surface area contributed by atoms with E-state index in [0.29, 0.717) is 5.56 Å². The van der Waals surface area contributed by atoms with Gasteiger partial charge in [0.1, 0.15) is 5.75 Å². The van der Waals surface area contributed by atoms with Gasteiger partial charge in [0, 0.05) is 0 Å². The van der Waals surface area contributed by atoms with Crippen LogP contribution < -0.4 is 4.74 Å². The topological polar surface area (TPSA) is 35.5 Å². The molecule has 0 N–H and O–H groups in total. The SMILES string of the molecule is CCCc1cc(C(=O)OC)c(C)c2c1-c1c(C)c(-c3ccc(OC)cc3)cc3c(C(C)(C)C)cc(CC)c-2c13. The van der Waals surface area contributed by atoms with Crippen molar-refractivity contribution < 1.29 is 14.3 Å². The molecule has 1 aliphatic rings. The summed E-state index contributed by atoms with van der Waals surface area (Å²) in [7, 11) is 3.18. The fraction of sp³-hybridized carbons (Fsp3) is 0.361. The molecule has 0 fully saturated rings. The zero-order chi connectivity index (χ0) is 28.2. The first-order valence-corrected chi connectivity index (χ1v) is 14.1. The summed E-state index contributed by atoms with van der Waals surface area (Å²) in [5.74, 6) is 0.591. The molecule has 0 atom stereocenters. The monoisotopic (exact) mass is 520 g/mol. The smallest absolute Gasteiger partial charge is 0.338 e. The molecule has 3 heteroatoms. The van der Waals surface area contributed by atoms with Crippen molar-refractivity contribution in [2.75, 3.05) is 14.2 Å². The Kier molecular flexibility index (Phi) is 6.83. The summed E-state index contributed by atoms with van der Waals surface area (Å²) in [5, 5.41) is 2.64. The Labute approximate surface area is 233 Å². The summed E-state index contributed by atoms with van der Waals surface area (Å²) in [6.45, 7) is 15.7. The maximum absolute atomic E-state index is 13.0. The first kappa shape index (κ1) is 27.0. The quantitative estimate of drug-likeness (QED) is 0.209. The number of aryl methyl sites for hydroxylation is 2. The van der Waals surface area contributed by atoms with Gasteiger partial charge in [0.25, 0.3) is 0 Å². The van der Waals surface area contributed by atoms with Crippen LogP contribution >= 0.6 is 0 Å². The van der Waals surface area contributed by atoms with Crippen LogP contribution in [-0.4, -0.2) is 20.2 Å². The molecule has 0 heterocycles. The highest BCUT2D eigenvalue weighted by Crippen LogP contribution is 2.57. The van der Waals surface area contributed by atoms with E-state index in [4.69, 9.17) is 9.47 Å². The number of rotatable bonds is 6. The molecule has 0 spiro atoms. The molecule has 5 rings (SSSR count). The van der Waals surface area contributed by atoms with Gasteiger partial charge in [-0.05, 0) is 128 Å². The number of methoxy groups -OCH3 is 2. The van der Waals surface area contributed by atoms with E-state index < -0.39 is 0 Å². The van der Waals surface area contributed by atoms with Crippen molar-refractivity contribution in [2.45, 2.75) is 73.1 Å². The van der Waals surface area contributed by atoms with Crippen molar-refractivity contribution in [3.63, 3.8) is 0 Å². The molecule has 0 saturated heterocycles. The summed E-state index contributed by atoms with van der Waals surface area (Å²) in [6.07, 6.45) is 2.83. The molecule has 3 nitrogen and oxygen atoms in total. The normalized spacial score (nSPS) is 12.1. The van der Waals surface area contributed by atoms with Crippen LogP contribution in [0.4, 0.5) is 0 Å². The van der Waals surface area contributed by atoms with Crippen molar-refractivity contribution in [1.29, 1.82) is 0 Å². The number of carbonyl (C=O) groups is 1. The molecule has 0 saturated carbocycles. The third-order valence-corrected chi connectivity index (χ3v) is 8.45. The Morgan fingerprint density at radius 3 is 2.08 bits per heavy atom. The van der Waals surface area contributed by atoms with E-state index >= 15 is 0 Å². The van der Waals surface area contributed by atoms with E-state index in [1.165, 1.54) is 73.5 Å². The Morgan fingerprint density at radius 1 is 0.821 bits per heavy atom. The van der Waals surface area contributed by atoms with Gasteiger partial charge in [-0.3, -0.25) is 0 Å².